The molecule has 0 aliphatic heterocycles. The van der Waals surface area contributed by atoms with Crippen molar-refractivity contribution < 1.29 is 4.79 Å². The van der Waals surface area contributed by atoms with Gasteiger partial charge in [-0.3, -0.25) is 4.79 Å². The number of carbonyl (C=O) groups is 1. The Kier molecular flexibility index (Phi) is 5.22. The summed E-state index contributed by atoms with van der Waals surface area (Å²) in [4.78, 5) is 18.6. The van der Waals surface area contributed by atoms with Crippen LogP contribution < -0.4 is 10.2 Å². The third-order valence-corrected chi connectivity index (χ3v) is 4.24. The van der Waals surface area contributed by atoms with Crippen LogP contribution in [0.2, 0.25) is 10.0 Å². The summed E-state index contributed by atoms with van der Waals surface area (Å²) in [7, 11) is 1.94. The van der Waals surface area contributed by atoms with E-state index in [-0.39, 0.29) is 5.91 Å². The summed E-state index contributed by atoms with van der Waals surface area (Å²) in [6.45, 7) is 0. The second-order valence-corrected chi connectivity index (χ2v) is 6.22. The number of para-hydroxylation sites is 1. The van der Waals surface area contributed by atoms with Gasteiger partial charge in [0.05, 0.1) is 22.6 Å². The summed E-state index contributed by atoms with van der Waals surface area (Å²) >= 11 is 11.9. The topological polar surface area (TPSA) is 45.2 Å². The van der Waals surface area contributed by atoms with E-state index in [9.17, 15) is 4.79 Å². The van der Waals surface area contributed by atoms with Crippen LogP contribution in [0.4, 0.5) is 17.1 Å². The Morgan fingerprint density at radius 2 is 1.76 bits per heavy atom. The Labute approximate surface area is 156 Å². The fourth-order valence-electron chi connectivity index (χ4n) is 2.30. The maximum atomic E-state index is 12.3. The molecule has 0 unspecified atom stereocenters. The summed E-state index contributed by atoms with van der Waals surface area (Å²) in [5.41, 5.74) is 2.71. The minimum absolute atomic E-state index is 0.302. The fourth-order valence-corrected chi connectivity index (χ4v) is 2.75. The molecule has 1 heterocycles. The summed E-state index contributed by atoms with van der Waals surface area (Å²) in [6, 6.07) is 18.3. The molecule has 3 aromatic rings. The first-order valence-electron chi connectivity index (χ1n) is 7.56. The van der Waals surface area contributed by atoms with Crippen LogP contribution in [-0.2, 0) is 0 Å². The third-order valence-electron chi connectivity index (χ3n) is 3.69. The number of pyridine rings is 1. The number of nitrogens with one attached hydrogen (secondary N) is 1. The van der Waals surface area contributed by atoms with Gasteiger partial charge in [-0.05, 0) is 42.5 Å². The third kappa shape index (κ3) is 4.10. The van der Waals surface area contributed by atoms with Crippen molar-refractivity contribution in [2.24, 2.45) is 0 Å². The van der Waals surface area contributed by atoms with E-state index in [1.807, 2.05) is 48.3 Å². The zero-order chi connectivity index (χ0) is 17.8. The minimum atomic E-state index is -0.335. The van der Waals surface area contributed by atoms with Crippen molar-refractivity contribution >= 4 is 46.2 Å². The molecular formula is C19H15Cl2N3O. The molecule has 0 aliphatic carbocycles. The van der Waals surface area contributed by atoms with Crippen LogP contribution >= 0.6 is 23.2 Å². The molecule has 0 atom stereocenters. The molecule has 4 nitrogen and oxygen atoms in total. The standard InChI is InChI=1S/C19H15Cl2N3O/c1-24(14-5-3-2-4-6-14)15-8-10-18(22-12-15)19(25)23-17-9-7-13(20)11-16(17)21/h2-12H,1H3,(H,23,25). The Morgan fingerprint density at radius 1 is 1.00 bits per heavy atom. The molecular weight excluding hydrogens is 357 g/mol. The molecule has 0 radical (unpaired) electrons. The second kappa shape index (κ2) is 7.55. The molecule has 0 saturated heterocycles. The first-order chi connectivity index (χ1) is 12.0. The summed E-state index contributed by atoms with van der Waals surface area (Å²) in [5, 5.41) is 3.61. The van der Waals surface area contributed by atoms with Crippen LogP contribution in [-0.4, -0.2) is 17.9 Å². The highest BCUT2D eigenvalue weighted by molar-refractivity contribution is 6.36. The molecule has 0 fully saturated rings. The van der Waals surface area contributed by atoms with Crippen LogP contribution in [0.1, 0.15) is 10.5 Å². The first-order valence-corrected chi connectivity index (χ1v) is 8.31. The van der Waals surface area contributed by atoms with Gasteiger partial charge >= 0.3 is 0 Å². The predicted octanol–water partition coefficient (Wildman–Crippen LogP) is 5.41. The van der Waals surface area contributed by atoms with Gasteiger partial charge in [0.25, 0.3) is 5.91 Å². The number of hydrogen-bond donors (Lipinski definition) is 1. The van der Waals surface area contributed by atoms with Crippen molar-refractivity contribution in [2.75, 3.05) is 17.3 Å². The fraction of sp³-hybridized carbons (Fsp3) is 0.0526. The number of rotatable bonds is 4. The lowest BCUT2D eigenvalue weighted by Crippen LogP contribution is -2.15. The van der Waals surface area contributed by atoms with Gasteiger partial charge in [0.1, 0.15) is 5.69 Å². The van der Waals surface area contributed by atoms with Crippen molar-refractivity contribution in [3.05, 3.63) is 82.6 Å². The van der Waals surface area contributed by atoms with E-state index in [1.54, 1.807) is 30.5 Å². The maximum Gasteiger partial charge on any atom is 0.274 e. The number of amides is 1. The number of aromatic nitrogens is 1. The predicted molar refractivity (Wildman–Crippen MR) is 103 cm³/mol. The Balaban J connectivity index is 1.74. The van der Waals surface area contributed by atoms with Gasteiger partial charge in [-0.1, -0.05) is 41.4 Å². The largest absolute Gasteiger partial charge is 0.343 e. The molecule has 126 valence electrons. The molecule has 25 heavy (non-hydrogen) atoms. The molecule has 0 spiro atoms. The van der Waals surface area contributed by atoms with E-state index in [4.69, 9.17) is 23.2 Å². The number of carbonyl (C=O) groups excluding carboxylic acids is 1. The summed E-state index contributed by atoms with van der Waals surface area (Å²) in [6.07, 6.45) is 1.66. The minimum Gasteiger partial charge on any atom is -0.343 e. The number of anilines is 3. The number of hydrogen-bond acceptors (Lipinski definition) is 3. The molecule has 0 saturated carbocycles. The van der Waals surface area contributed by atoms with Crippen molar-refractivity contribution in [1.82, 2.24) is 4.98 Å². The molecule has 1 amide bonds. The lowest BCUT2D eigenvalue weighted by molar-refractivity contribution is 0.102. The van der Waals surface area contributed by atoms with Gasteiger partial charge in [-0.15, -0.1) is 0 Å². The van der Waals surface area contributed by atoms with E-state index in [0.29, 0.717) is 21.4 Å². The van der Waals surface area contributed by atoms with Gasteiger partial charge in [0.15, 0.2) is 0 Å². The van der Waals surface area contributed by atoms with Crippen LogP contribution in [0.15, 0.2) is 66.9 Å². The van der Waals surface area contributed by atoms with Crippen molar-refractivity contribution in [3.63, 3.8) is 0 Å². The average Bonchev–Trinajstić information content (AvgIpc) is 2.64. The van der Waals surface area contributed by atoms with Gasteiger partial charge in [0, 0.05) is 17.8 Å². The van der Waals surface area contributed by atoms with Crippen molar-refractivity contribution in [1.29, 1.82) is 0 Å². The van der Waals surface area contributed by atoms with E-state index >= 15 is 0 Å². The number of halogens is 2. The van der Waals surface area contributed by atoms with Crippen LogP contribution in [0.25, 0.3) is 0 Å². The molecule has 2 aromatic carbocycles. The first kappa shape index (κ1) is 17.3. The van der Waals surface area contributed by atoms with Gasteiger partial charge in [-0.25, -0.2) is 4.98 Å². The Morgan fingerprint density at radius 3 is 2.40 bits per heavy atom. The smallest absolute Gasteiger partial charge is 0.274 e. The molecule has 6 heteroatoms. The monoisotopic (exact) mass is 371 g/mol. The Bertz CT molecular complexity index is 883. The SMILES string of the molecule is CN(c1ccccc1)c1ccc(C(=O)Nc2ccc(Cl)cc2Cl)nc1. The van der Waals surface area contributed by atoms with Gasteiger partial charge < -0.3 is 10.2 Å². The number of benzene rings is 2. The van der Waals surface area contributed by atoms with Gasteiger partial charge in [-0.2, -0.15) is 0 Å². The summed E-state index contributed by atoms with van der Waals surface area (Å²) < 4.78 is 0. The summed E-state index contributed by atoms with van der Waals surface area (Å²) in [5.74, 6) is -0.335. The van der Waals surface area contributed by atoms with E-state index in [2.05, 4.69) is 10.3 Å². The van der Waals surface area contributed by atoms with Crippen LogP contribution in [0, 0.1) is 0 Å². The second-order valence-electron chi connectivity index (χ2n) is 5.37. The van der Waals surface area contributed by atoms with Crippen molar-refractivity contribution in [3.8, 4) is 0 Å². The molecule has 0 aliphatic rings. The van der Waals surface area contributed by atoms with Crippen LogP contribution in [0.3, 0.4) is 0 Å². The quantitative estimate of drug-likeness (QED) is 0.666. The van der Waals surface area contributed by atoms with Gasteiger partial charge in [0.2, 0.25) is 0 Å². The molecule has 3 rings (SSSR count). The number of nitrogens with zero attached hydrogens (tertiary/aromatic N) is 2. The lowest BCUT2D eigenvalue weighted by Gasteiger charge is -2.19. The van der Waals surface area contributed by atoms with Crippen LogP contribution in [0.5, 0.6) is 0 Å². The molecule has 0 bridgehead atoms. The lowest BCUT2D eigenvalue weighted by atomic mass is 10.2. The highest BCUT2D eigenvalue weighted by atomic mass is 35.5. The normalized spacial score (nSPS) is 10.4. The maximum absolute atomic E-state index is 12.3. The zero-order valence-electron chi connectivity index (χ0n) is 13.4. The highest BCUT2D eigenvalue weighted by Gasteiger charge is 2.11. The average molecular weight is 372 g/mol. The zero-order valence-corrected chi connectivity index (χ0v) is 14.9. The van der Waals surface area contributed by atoms with E-state index < -0.39 is 0 Å². The highest BCUT2D eigenvalue weighted by Crippen LogP contribution is 2.26. The molecule has 1 N–H and O–H groups in total. The van der Waals surface area contributed by atoms with E-state index in [1.165, 1.54) is 0 Å². The van der Waals surface area contributed by atoms with Crippen molar-refractivity contribution in [2.45, 2.75) is 0 Å². The molecule has 1 aromatic heterocycles. The van der Waals surface area contributed by atoms with E-state index in [0.717, 1.165) is 11.4 Å². The Hall–Kier alpha value is -2.56.